The Morgan fingerprint density at radius 3 is 1.51 bits per heavy atom. The number of nitrogens with zero attached hydrogens (tertiary/aromatic N) is 5. The maximum absolute atomic E-state index is 13.7. The van der Waals surface area contributed by atoms with Gasteiger partial charge in [0.15, 0.2) is 39.6 Å². The summed E-state index contributed by atoms with van der Waals surface area (Å²) < 4.78 is 36.2. The van der Waals surface area contributed by atoms with Crippen molar-refractivity contribution in [1.82, 2.24) is 0 Å². The van der Waals surface area contributed by atoms with Crippen LogP contribution in [0.5, 0.6) is 23.0 Å². The fourth-order valence-electron chi connectivity index (χ4n) is 10.2. The van der Waals surface area contributed by atoms with Gasteiger partial charge in [-0.05, 0) is 137 Å². The average Bonchev–Trinajstić information content (AvgIpc) is 3.04. The number of amides is 2. The fourth-order valence-corrected chi connectivity index (χ4v) is 12.1. The van der Waals surface area contributed by atoms with E-state index in [9.17, 15) is 29.8 Å². The van der Waals surface area contributed by atoms with Crippen molar-refractivity contribution in [3.63, 3.8) is 0 Å². The summed E-state index contributed by atoms with van der Waals surface area (Å²) in [6.07, 6.45) is 4.94. The van der Waals surface area contributed by atoms with Gasteiger partial charge in [-0.25, -0.2) is 0 Å². The normalized spacial score (nSPS) is 16.3. The molecule has 0 fully saturated rings. The minimum atomic E-state index is -2.05. The summed E-state index contributed by atoms with van der Waals surface area (Å²) in [5.74, 6) is 1.56. The van der Waals surface area contributed by atoms with Crippen molar-refractivity contribution in [1.29, 1.82) is 0 Å². The van der Waals surface area contributed by atoms with E-state index < -0.39 is 26.5 Å². The van der Waals surface area contributed by atoms with Gasteiger partial charge in [-0.1, -0.05) is 77.9 Å². The number of nitro groups is 2. The van der Waals surface area contributed by atoms with E-state index in [2.05, 4.69) is 78.8 Å². The van der Waals surface area contributed by atoms with Gasteiger partial charge in [-0.2, -0.15) is 0 Å². The van der Waals surface area contributed by atoms with Crippen LogP contribution in [0.3, 0.4) is 0 Å². The van der Waals surface area contributed by atoms with Gasteiger partial charge in [0.2, 0.25) is 0 Å². The summed E-state index contributed by atoms with van der Waals surface area (Å²) in [5.41, 5.74) is 9.35. The van der Waals surface area contributed by atoms with Crippen LogP contribution < -0.4 is 28.7 Å². The Morgan fingerprint density at radius 1 is 0.561 bits per heavy atom. The molecule has 19 heteroatoms. The van der Waals surface area contributed by atoms with E-state index in [4.69, 9.17) is 27.8 Å². The molecule has 17 nitrogen and oxygen atoms in total. The topological polar surface area (TPSA) is 195 Å². The monoisotopic (exact) mass is 1150 g/mol. The number of rotatable bonds is 16. The van der Waals surface area contributed by atoms with Gasteiger partial charge >= 0.3 is 0 Å². The highest BCUT2D eigenvalue weighted by Gasteiger charge is 2.41. The standard InChI is InChI=1S/C32H38N2O6Si.C31H35N3O6Si/c1-32(2,3)41(5,6)40-20-22-13-21(14-26(15-22)34(36)37)19-39-30-17-23-11-12-25-16-24-9-7-8-10-28(24)33(25)31(35)27(23)18-29(30)38-4;1-31(2,3)41(5,6)40-19-21-11-20(12-23(13-21)34(36)37)18-39-29-16-26-25(15-28(29)38-4)30(35)33-24(17-32-26)14-22-9-7-8-10-27(22)33/h7-10,13-15,17-18,25H,11-12,16,19-20H2,1-6H3;7-13,15-17,24H,14,18-19H2,1-6H3/t25-;24-/m10/s1. The number of ether oxygens (including phenoxy) is 4. The van der Waals surface area contributed by atoms with Crippen molar-refractivity contribution >= 4 is 63.1 Å². The van der Waals surface area contributed by atoms with Gasteiger partial charge in [0.05, 0.1) is 54.6 Å². The van der Waals surface area contributed by atoms with E-state index in [0.29, 0.717) is 69.5 Å². The molecule has 0 N–H and O–H groups in total. The van der Waals surface area contributed by atoms with Gasteiger partial charge < -0.3 is 32.7 Å². The number of hydrogen-bond acceptors (Lipinski definition) is 13. The second-order valence-electron chi connectivity index (χ2n) is 24.4. The molecule has 82 heavy (non-hydrogen) atoms. The Hall–Kier alpha value is -7.72. The summed E-state index contributed by atoms with van der Waals surface area (Å²) >= 11 is 0. The lowest BCUT2D eigenvalue weighted by atomic mass is 9.99. The van der Waals surface area contributed by atoms with E-state index in [1.54, 1.807) is 48.6 Å². The highest BCUT2D eigenvalue weighted by molar-refractivity contribution is 6.74. The Morgan fingerprint density at radius 2 is 1.01 bits per heavy atom. The van der Waals surface area contributed by atoms with Crippen molar-refractivity contribution in [2.45, 2.75) is 142 Å². The van der Waals surface area contributed by atoms with Crippen molar-refractivity contribution in [3.05, 3.63) is 179 Å². The van der Waals surface area contributed by atoms with Crippen molar-refractivity contribution in [3.8, 4) is 23.0 Å². The number of non-ortho nitro benzene ring substituents is 2. The van der Waals surface area contributed by atoms with Crippen LogP contribution in [0.15, 0.2) is 114 Å². The SMILES string of the molecule is COc1cc2c(cc1OCc1cc(CO[Si](C)(C)C(C)(C)C)cc([N+](=O)[O-])c1)CC[C@@H]1Cc3ccccc3N1C2=O.COc1cc2c(cc1OCc1cc(CO[Si](C)(C)C(C)(C)C)cc([N+](=O)[O-])c1)N=C[C@@H]1Cc3ccccc3N1C2=O. The molecule has 4 aliphatic rings. The molecule has 0 spiro atoms. The molecular formula is C63H73N5O12Si2. The first-order chi connectivity index (χ1) is 38.7. The molecule has 6 aromatic rings. The largest absolute Gasteiger partial charge is 0.493 e. The third-order valence-electron chi connectivity index (χ3n) is 16.9. The third-order valence-corrected chi connectivity index (χ3v) is 25.8. The maximum atomic E-state index is 13.7. The van der Waals surface area contributed by atoms with Crippen molar-refractivity contribution in [2.75, 3.05) is 24.0 Å². The van der Waals surface area contributed by atoms with Crippen LogP contribution >= 0.6 is 0 Å². The number of nitro benzene ring substituents is 2. The zero-order chi connectivity index (χ0) is 59.1. The zero-order valence-corrected chi connectivity index (χ0v) is 50.9. The lowest BCUT2D eigenvalue weighted by Crippen LogP contribution is -2.40. The van der Waals surface area contributed by atoms with E-state index in [1.165, 1.54) is 24.8 Å². The fraction of sp³-hybridized carbons (Fsp3) is 0.381. The van der Waals surface area contributed by atoms with Crippen LogP contribution in [0.25, 0.3) is 0 Å². The third kappa shape index (κ3) is 12.4. The predicted molar refractivity (Wildman–Crippen MR) is 323 cm³/mol. The lowest BCUT2D eigenvalue weighted by molar-refractivity contribution is -0.385. The van der Waals surface area contributed by atoms with E-state index >= 15 is 0 Å². The molecule has 0 unspecified atom stereocenters. The summed E-state index contributed by atoms with van der Waals surface area (Å²) in [5, 5.41) is 23.4. The first-order valence-corrected chi connectivity index (χ1v) is 33.5. The number of fused-ring (bicyclic) bond motifs is 8. The van der Waals surface area contributed by atoms with Gasteiger partial charge in [-0.15, -0.1) is 0 Å². The highest BCUT2D eigenvalue weighted by atomic mass is 28.4. The summed E-state index contributed by atoms with van der Waals surface area (Å²) in [7, 11) is -1.02. The minimum absolute atomic E-state index is 0.000271. The van der Waals surface area contributed by atoms with E-state index in [1.807, 2.05) is 65.6 Å². The van der Waals surface area contributed by atoms with Crippen LogP contribution in [0.1, 0.15) is 108 Å². The molecule has 2 amide bonds. The molecule has 0 saturated heterocycles. The Bertz CT molecular complexity index is 3490. The number of carbonyl (C=O) groups excluding carboxylic acids is 2. The van der Waals surface area contributed by atoms with Crippen molar-refractivity contribution < 1.29 is 47.2 Å². The zero-order valence-electron chi connectivity index (χ0n) is 48.9. The average molecular weight is 1150 g/mol. The number of hydrogen-bond donors (Lipinski definition) is 0. The first-order valence-electron chi connectivity index (χ1n) is 27.6. The molecule has 0 radical (unpaired) electrons. The lowest BCUT2D eigenvalue weighted by Gasteiger charge is -2.36. The van der Waals surface area contributed by atoms with Crippen LogP contribution in [-0.4, -0.2) is 70.8 Å². The first kappa shape index (κ1) is 58.9. The number of anilines is 2. The number of benzene rings is 6. The van der Waals surface area contributed by atoms with Gasteiger partial charge in [0.25, 0.3) is 23.2 Å². The Labute approximate surface area is 481 Å². The second-order valence-corrected chi connectivity index (χ2v) is 34.1. The molecule has 0 aromatic heterocycles. The van der Waals surface area contributed by atoms with Crippen LogP contribution in [-0.2, 0) is 54.5 Å². The molecule has 10 rings (SSSR count). The van der Waals surface area contributed by atoms with Gasteiger partial charge in [-0.3, -0.25) is 39.7 Å². The smallest absolute Gasteiger partial charge is 0.270 e. The molecule has 0 aliphatic carbocycles. The molecule has 430 valence electrons. The number of carbonyl (C=O) groups is 2. The number of aliphatic imine (C=N–C) groups is 1. The molecule has 2 atom stereocenters. The highest BCUT2D eigenvalue weighted by Crippen LogP contribution is 2.44. The quantitative estimate of drug-likeness (QED) is 0.0506. The predicted octanol–water partition coefficient (Wildman–Crippen LogP) is 14.2. The molecule has 0 saturated carbocycles. The van der Waals surface area contributed by atoms with Gasteiger partial charge in [0.1, 0.15) is 13.2 Å². The molecule has 4 heterocycles. The molecule has 4 aliphatic heterocycles. The summed E-state index contributed by atoms with van der Waals surface area (Å²) in [6.45, 7) is 22.3. The minimum Gasteiger partial charge on any atom is -0.493 e. The Kier molecular flexibility index (Phi) is 16.7. The maximum Gasteiger partial charge on any atom is 0.270 e. The van der Waals surface area contributed by atoms with Crippen LogP contribution in [0.4, 0.5) is 28.4 Å². The summed E-state index contributed by atoms with van der Waals surface area (Å²) in [6, 6.07) is 32.8. The number of methoxy groups -OCH3 is 2. The van der Waals surface area contributed by atoms with Crippen LogP contribution in [0.2, 0.25) is 36.3 Å². The molecule has 0 bridgehead atoms. The number of aryl methyl sites for hydroxylation is 1. The van der Waals surface area contributed by atoms with E-state index in [-0.39, 0.29) is 65.2 Å². The van der Waals surface area contributed by atoms with Crippen molar-refractivity contribution in [2.24, 2.45) is 4.99 Å². The molecular weight excluding hydrogens is 1070 g/mol. The van der Waals surface area contributed by atoms with Gasteiger partial charge in [0, 0.05) is 65.9 Å². The summed E-state index contributed by atoms with van der Waals surface area (Å²) in [4.78, 5) is 58.3. The second kappa shape index (κ2) is 23.3. The number of para-hydroxylation sites is 2. The Balaban J connectivity index is 0.000000198. The van der Waals surface area contributed by atoms with Crippen LogP contribution in [0, 0.1) is 20.2 Å². The molecule has 6 aromatic carbocycles. The van der Waals surface area contributed by atoms with E-state index in [0.717, 1.165) is 47.3 Å².